The van der Waals surface area contributed by atoms with Crippen LogP contribution in [0, 0.1) is 0 Å². The van der Waals surface area contributed by atoms with Crippen molar-refractivity contribution in [3.8, 4) is 0 Å². The van der Waals surface area contributed by atoms with E-state index in [-0.39, 0.29) is 111 Å². The fraction of sp³-hybridized carbons (Fsp3) is 0.500. The molecule has 0 atom stereocenters. The molecule has 18 N–H and O–H groups in total. The summed E-state index contributed by atoms with van der Waals surface area (Å²) in [5, 5.41) is 45.0. The van der Waals surface area contributed by atoms with Gasteiger partial charge in [0.1, 0.15) is 0 Å². The summed E-state index contributed by atoms with van der Waals surface area (Å²) in [5.74, 6) is 0. The SMILES string of the molecule is COC(=O)O.COC(=O)O.COC(=O)O.COC(=O)O.COC(=O)O.COC(=O)O.O.O.O.O.O.O.[Zr].[Zr].[Zr]. The Bertz CT molecular complexity index is 369. The summed E-state index contributed by atoms with van der Waals surface area (Å²) in [6.07, 6.45) is -7.47. The third-order valence-corrected chi connectivity index (χ3v) is 1.05. The molecule has 24 nitrogen and oxygen atoms in total. The van der Waals surface area contributed by atoms with Crippen LogP contribution < -0.4 is 0 Å². The first-order valence-electron chi connectivity index (χ1n) is 6.24. The van der Waals surface area contributed by atoms with Gasteiger partial charge in [0, 0.05) is 78.6 Å². The van der Waals surface area contributed by atoms with Crippen molar-refractivity contribution in [1.29, 1.82) is 0 Å². The van der Waals surface area contributed by atoms with E-state index in [1.807, 2.05) is 0 Å². The van der Waals surface area contributed by atoms with Gasteiger partial charge in [-0.1, -0.05) is 0 Å². The van der Waals surface area contributed by atoms with Gasteiger partial charge in [-0.3, -0.25) is 0 Å². The van der Waals surface area contributed by atoms with E-state index >= 15 is 0 Å². The van der Waals surface area contributed by atoms with Gasteiger partial charge in [0.15, 0.2) is 0 Å². The largest absolute Gasteiger partial charge is 0.505 e. The van der Waals surface area contributed by atoms with Crippen LogP contribution >= 0.6 is 0 Å². The zero-order valence-electron chi connectivity index (χ0n) is 21.1. The Kier molecular flexibility index (Phi) is 231. The van der Waals surface area contributed by atoms with Crippen LogP contribution in [0.4, 0.5) is 28.8 Å². The van der Waals surface area contributed by atoms with Crippen LogP contribution in [0.3, 0.4) is 0 Å². The second kappa shape index (κ2) is 91.1. The fourth-order valence-electron chi connectivity index (χ4n) is 0. The molecule has 0 spiro atoms. The van der Waals surface area contributed by atoms with Crippen LogP contribution in [0.2, 0.25) is 0 Å². The Labute approximate surface area is 277 Å². The van der Waals surface area contributed by atoms with Crippen molar-refractivity contribution in [2.45, 2.75) is 0 Å². The maximum atomic E-state index is 9.15. The molecular weight excluding hydrogens is 802 g/mol. The van der Waals surface area contributed by atoms with E-state index in [0.717, 1.165) is 42.7 Å². The van der Waals surface area contributed by atoms with Gasteiger partial charge in [0.2, 0.25) is 0 Å². The van der Waals surface area contributed by atoms with E-state index in [2.05, 4.69) is 28.4 Å². The Morgan fingerprint density at radius 1 is 0.308 bits per heavy atom. The standard InChI is InChI=1S/6C2H4O3.6H2O.3Zr/c6*1-5-2(3)4;;;;;;;;;/h6*1H3,(H,3,4);6*1H2;;;. The molecule has 0 aliphatic heterocycles. The van der Waals surface area contributed by atoms with Gasteiger partial charge in [0.25, 0.3) is 0 Å². The van der Waals surface area contributed by atoms with Gasteiger partial charge in [-0.25, -0.2) is 28.8 Å². The second-order valence-electron chi connectivity index (χ2n) is 2.82. The van der Waals surface area contributed by atoms with E-state index in [1.54, 1.807) is 0 Å². The summed E-state index contributed by atoms with van der Waals surface area (Å²) < 4.78 is 22.0. The average Bonchev–Trinajstić information content (AvgIpc) is 2.69. The first kappa shape index (κ1) is 99.1. The number of rotatable bonds is 0. The van der Waals surface area contributed by atoms with Gasteiger partial charge >= 0.3 is 36.9 Å². The van der Waals surface area contributed by atoms with Gasteiger partial charge < -0.3 is 91.9 Å². The summed E-state index contributed by atoms with van der Waals surface area (Å²) >= 11 is 0. The Morgan fingerprint density at radius 3 is 0.333 bits per heavy atom. The number of hydrogen-bond donors (Lipinski definition) is 6. The molecule has 0 heterocycles. The third kappa shape index (κ3) is 415. The minimum Gasteiger partial charge on any atom is -0.450 e. The van der Waals surface area contributed by atoms with Crippen LogP contribution in [0.15, 0.2) is 0 Å². The van der Waals surface area contributed by atoms with Crippen molar-refractivity contribution in [3.05, 3.63) is 0 Å². The molecule has 0 rings (SSSR count). The van der Waals surface area contributed by atoms with Crippen molar-refractivity contribution in [1.82, 2.24) is 0 Å². The molecule has 0 unspecified atom stereocenters. The van der Waals surface area contributed by atoms with Crippen LogP contribution in [0.25, 0.3) is 0 Å². The van der Waals surface area contributed by atoms with Crippen LogP contribution in [0.1, 0.15) is 0 Å². The Morgan fingerprint density at radius 2 is 0.333 bits per heavy atom. The minimum atomic E-state index is -1.25. The summed E-state index contributed by atoms with van der Waals surface area (Å²) in [4.78, 5) is 54.9. The molecule has 27 heteroatoms. The average molecular weight is 838 g/mol. The molecule has 0 aromatic carbocycles. The van der Waals surface area contributed by atoms with Gasteiger partial charge in [-0.2, -0.15) is 0 Å². The molecule has 0 radical (unpaired) electrons. The topological polar surface area (TPSA) is 468 Å². The molecule has 39 heavy (non-hydrogen) atoms. The third-order valence-electron chi connectivity index (χ3n) is 1.05. The first-order chi connectivity index (χ1) is 13.6. The fourth-order valence-corrected chi connectivity index (χ4v) is 0. The second-order valence-corrected chi connectivity index (χ2v) is 2.82. The maximum Gasteiger partial charge on any atom is 0.505 e. The zero-order chi connectivity index (χ0) is 25.7. The molecular formula is C12H36O24Zr3. The number of ether oxygens (including phenoxy) is 6. The van der Waals surface area contributed by atoms with E-state index in [0.29, 0.717) is 0 Å². The van der Waals surface area contributed by atoms with Crippen molar-refractivity contribution in [2.24, 2.45) is 0 Å². The number of hydrogen-bond acceptors (Lipinski definition) is 12. The minimum absolute atomic E-state index is 0. The molecule has 240 valence electrons. The zero-order valence-corrected chi connectivity index (χ0v) is 28.5. The first-order valence-corrected chi connectivity index (χ1v) is 6.24. The molecule has 0 aromatic rings. The smallest absolute Gasteiger partial charge is 0.450 e. The Hall–Kier alpha value is -1.97. The number of methoxy groups -OCH3 is 6. The van der Waals surface area contributed by atoms with E-state index in [4.69, 9.17) is 59.4 Å². The summed E-state index contributed by atoms with van der Waals surface area (Å²) in [5.41, 5.74) is 0. The Balaban J connectivity index is -0.0000000130. The van der Waals surface area contributed by atoms with Crippen molar-refractivity contribution < 1.29 is 199 Å². The van der Waals surface area contributed by atoms with Crippen molar-refractivity contribution in [2.75, 3.05) is 42.7 Å². The van der Waals surface area contributed by atoms with Crippen molar-refractivity contribution >= 4 is 36.9 Å². The normalized spacial score (nSPS) is 5.08. The van der Waals surface area contributed by atoms with Gasteiger partial charge in [-0.05, 0) is 0 Å². The van der Waals surface area contributed by atoms with Crippen LogP contribution in [-0.4, -0.2) is 143 Å². The molecule has 0 fully saturated rings. The molecule has 0 saturated carbocycles. The number of carboxylic acid groups (broad SMARTS) is 6. The summed E-state index contributed by atoms with van der Waals surface area (Å²) in [6, 6.07) is 0. The molecule has 0 bridgehead atoms. The molecule has 0 saturated heterocycles. The van der Waals surface area contributed by atoms with E-state index in [1.165, 1.54) is 0 Å². The van der Waals surface area contributed by atoms with Gasteiger partial charge in [-0.15, -0.1) is 0 Å². The van der Waals surface area contributed by atoms with Crippen molar-refractivity contribution in [3.63, 3.8) is 0 Å². The predicted molar refractivity (Wildman–Crippen MR) is 112 cm³/mol. The van der Waals surface area contributed by atoms with E-state index < -0.39 is 36.9 Å². The molecule has 0 aromatic heterocycles. The van der Waals surface area contributed by atoms with Gasteiger partial charge in [0.05, 0.1) is 42.7 Å². The van der Waals surface area contributed by atoms with Crippen LogP contribution in [-0.2, 0) is 107 Å². The predicted octanol–water partition coefficient (Wildman–Crippen LogP) is -3.09. The van der Waals surface area contributed by atoms with E-state index in [9.17, 15) is 0 Å². The molecule has 0 aliphatic carbocycles. The molecule has 0 amide bonds. The summed E-state index contributed by atoms with van der Waals surface area (Å²) in [7, 11) is 6.60. The maximum absolute atomic E-state index is 9.15. The monoisotopic (exact) mass is 834 g/mol. The summed E-state index contributed by atoms with van der Waals surface area (Å²) in [6.45, 7) is 0. The van der Waals surface area contributed by atoms with Crippen LogP contribution in [0.5, 0.6) is 0 Å². The number of carbonyl (C=O) groups is 6. The quantitative estimate of drug-likeness (QED) is 0.104. The molecule has 0 aliphatic rings.